The Labute approximate surface area is 250 Å². The topological polar surface area (TPSA) is 89.7 Å². The molecule has 216 valence electrons. The van der Waals surface area contributed by atoms with Crippen molar-refractivity contribution in [1.82, 2.24) is 19.4 Å². The Morgan fingerprint density at radius 3 is 2.67 bits per heavy atom. The SMILES string of the molecule is CN1CCC(Oc2cccc(CCOc3cc(-n4cnc5cc(-c6ccc(F)nc6)ccc54)sc3C(=O)O)c2Cl)CC1. The largest absolute Gasteiger partial charge is 0.491 e. The maximum absolute atomic E-state index is 13.2. The number of aromatic carboxylic acids is 1. The zero-order valence-electron chi connectivity index (χ0n) is 22.8. The van der Waals surface area contributed by atoms with E-state index in [-0.39, 0.29) is 23.3 Å². The van der Waals surface area contributed by atoms with Crippen molar-refractivity contribution >= 4 is 39.9 Å². The van der Waals surface area contributed by atoms with E-state index in [9.17, 15) is 14.3 Å². The summed E-state index contributed by atoms with van der Waals surface area (Å²) in [5, 5.41) is 11.1. The first-order chi connectivity index (χ1) is 20.4. The van der Waals surface area contributed by atoms with E-state index in [0.717, 1.165) is 59.5 Å². The van der Waals surface area contributed by atoms with Gasteiger partial charge in [-0.15, -0.1) is 11.3 Å². The van der Waals surface area contributed by atoms with Gasteiger partial charge in [-0.05, 0) is 61.3 Å². The third-order valence-corrected chi connectivity index (χ3v) is 8.89. The van der Waals surface area contributed by atoms with Crippen LogP contribution in [0, 0.1) is 5.95 Å². The fraction of sp³-hybridized carbons (Fsp3) is 0.258. The fourth-order valence-electron chi connectivity index (χ4n) is 5.05. The van der Waals surface area contributed by atoms with Crippen molar-refractivity contribution in [3.63, 3.8) is 0 Å². The van der Waals surface area contributed by atoms with E-state index in [1.807, 2.05) is 41.0 Å². The average Bonchev–Trinajstić information content (AvgIpc) is 3.60. The third-order valence-electron chi connectivity index (χ3n) is 7.36. The Morgan fingerprint density at radius 1 is 1.10 bits per heavy atom. The number of ether oxygens (including phenoxy) is 2. The first kappa shape index (κ1) is 28.1. The van der Waals surface area contributed by atoms with Crippen molar-refractivity contribution in [2.45, 2.75) is 25.4 Å². The number of rotatable bonds is 9. The summed E-state index contributed by atoms with van der Waals surface area (Å²) in [4.78, 5) is 22.7. The Balaban J connectivity index is 1.17. The lowest BCUT2D eigenvalue weighted by Gasteiger charge is -2.29. The van der Waals surface area contributed by atoms with Gasteiger partial charge in [0.05, 0.1) is 22.7 Å². The number of likely N-dealkylation sites (tertiary alicyclic amines) is 1. The van der Waals surface area contributed by atoms with E-state index >= 15 is 0 Å². The second-order valence-electron chi connectivity index (χ2n) is 10.2. The van der Waals surface area contributed by atoms with Crippen molar-refractivity contribution in [2.24, 2.45) is 0 Å². The molecule has 5 aromatic rings. The Morgan fingerprint density at radius 2 is 1.90 bits per heavy atom. The fourth-order valence-corrected chi connectivity index (χ4v) is 6.23. The minimum atomic E-state index is -1.07. The van der Waals surface area contributed by atoms with Crippen LogP contribution in [-0.2, 0) is 6.42 Å². The summed E-state index contributed by atoms with van der Waals surface area (Å²) in [6.07, 6.45) is 5.66. The Hall–Kier alpha value is -3.99. The number of benzene rings is 2. The van der Waals surface area contributed by atoms with Gasteiger partial charge in [0.1, 0.15) is 28.9 Å². The summed E-state index contributed by atoms with van der Waals surface area (Å²) in [5.74, 6) is -0.655. The lowest BCUT2D eigenvalue weighted by molar-refractivity contribution is 0.0698. The quantitative estimate of drug-likeness (QED) is 0.186. The van der Waals surface area contributed by atoms with Crippen molar-refractivity contribution in [3.8, 4) is 27.6 Å². The van der Waals surface area contributed by atoms with Crippen molar-refractivity contribution < 1.29 is 23.8 Å². The van der Waals surface area contributed by atoms with Crippen LogP contribution in [-0.4, -0.2) is 63.4 Å². The molecule has 1 aliphatic heterocycles. The van der Waals surface area contributed by atoms with Crippen molar-refractivity contribution in [3.05, 3.63) is 88.5 Å². The summed E-state index contributed by atoms with van der Waals surface area (Å²) in [5.41, 5.74) is 4.00. The molecule has 1 fully saturated rings. The number of nitrogens with zero attached hydrogens (tertiary/aromatic N) is 4. The summed E-state index contributed by atoms with van der Waals surface area (Å²) >= 11 is 7.80. The van der Waals surface area contributed by atoms with Gasteiger partial charge in [-0.2, -0.15) is 4.39 Å². The molecule has 0 atom stereocenters. The number of hydrogen-bond acceptors (Lipinski definition) is 7. The monoisotopic (exact) mass is 606 g/mol. The van der Waals surface area contributed by atoms with Crippen LogP contribution < -0.4 is 9.47 Å². The number of fused-ring (bicyclic) bond motifs is 1. The number of piperidine rings is 1. The van der Waals surface area contributed by atoms with Gasteiger partial charge in [0.2, 0.25) is 5.95 Å². The van der Waals surface area contributed by atoms with Crippen LogP contribution in [0.2, 0.25) is 5.02 Å². The predicted molar refractivity (Wildman–Crippen MR) is 161 cm³/mol. The van der Waals surface area contributed by atoms with Gasteiger partial charge in [-0.25, -0.2) is 14.8 Å². The minimum absolute atomic E-state index is 0.103. The summed E-state index contributed by atoms with van der Waals surface area (Å²) in [6, 6.07) is 16.1. The van der Waals surface area contributed by atoms with Crippen LogP contribution in [0.1, 0.15) is 28.1 Å². The highest BCUT2D eigenvalue weighted by Crippen LogP contribution is 2.35. The highest BCUT2D eigenvalue weighted by molar-refractivity contribution is 7.16. The lowest BCUT2D eigenvalue weighted by Crippen LogP contribution is -2.35. The third kappa shape index (κ3) is 5.97. The van der Waals surface area contributed by atoms with Crippen molar-refractivity contribution in [1.29, 1.82) is 0 Å². The van der Waals surface area contributed by atoms with Crippen LogP contribution >= 0.6 is 22.9 Å². The maximum atomic E-state index is 13.2. The molecule has 0 amide bonds. The van der Waals surface area contributed by atoms with Gasteiger partial charge < -0.3 is 19.5 Å². The average molecular weight is 607 g/mol. The minimum Gasteiger partial charge on any atom is -0.491 e. The number of aromatic nitrogens is 3. The number of imidazole rings is 1. The van der Waals surface area contributed by atoms with Gasteiger partial charge in [-0.1, -0.05) is 29.8 Å². The number of thiophene rings is 1. The molecular formula is C31H28ClFN4O4S. The second-order valence-corrected chi connectivity index (χ2v) is 11.6. The Bertz CT molecular complexity index is 1730. The molecule has 8 nitrogen and oxygen atoms in total. The molecule has 6 rings (SSSR count). The summed E-state index contributed by atoms with van der Waals surface area (Å²) < 4.78 is 27.3. The molecule has 1 N–H and O–H groups in total. The van der Waals surface area contributed by atoms with Gasteiger partial charge in [0.15, 0.2) is 4.88 Å². The maximum Gasteiger partial charge on any atom is 0.349 e. The molecular weight excluding hydrogens is 579 g/mol. The summed E-state index contributed by atoms with van der Waals surface area (Å²) in [6.45, 7) is 2.23. The van der Waals surface area contributed by atoms with Crippen LogP contribution in [0.3, 0.4) is 0 Å². The van der Waals surface area contributed by atoms with E-state index in [2.05, 4.69) is 21.9 Å². The first-order valence-corrected chi connectivity index (χ1v) is 14.8. The lowest BCUT2D eigenvalue weighted by atomic mass is 10.1. The number of carboxylic acid groups (broad SMARTS) is 1. The molecule has 3 aromatic heterocycles. The van der Waals surface area contributed by atoms with Gasteiger partial charge in [0.25, 0.3) is 0 Å². The van der Waals surface area contributed by atoms with Gasteiger partial charge >= 0.3 is 5.97 Å². The molecule has 1 saturated heterocycles. The molecule has 0 bridgehead atoms. The molecule has 0 saturated carbocycles. The first-order valence-electron chi connectivity index (χ1n) is 13.6. The molecule has 0 unspecified atom stereocenters. The highest BCUT2D eigenvalue weighted by Gasteiger charge is 2.21. The Kier molecular flexibility index (Phi) is 8.10. The molecule has 42 heavy (non-hydrogen) atoms. The van der Waals surface area contributed by atoms with Crippen LogP contribution in [0.4, 0.5) is 4.39 Å². The van der Waals surface area contributed by atoms with Crippen LogP contribution in [0.5, 0.6) is 11.5 Å². The van der Waals surface area contributed by atoms with E-state index in [1.165, 1.54) is 12.3 Å². The normalized spacial score (nSPS) is 14.4. The zero-order chi connectivity index (χ0) is 29.2. The standard InChI is InChI=1S/C31H28ClFN4O4S/c1-36-12-9-22(10-13-36)41-25-4-2-3-19(29(25)32)11-14-40-26-16-28(42-30(26)31(38)39)37-18-35-23-15-20(5-7-24(23)37)21-6-8-27(33)34-17-21/h2-8,15-18,22H,9-14H2,1H3,(H,38,39). The molecule has 11 heteroatoms. The van der Waals surface area contributed by atoms with E-state index in [0.29, 0.717) is 27.7 Å². The smallest absolute Gasteiger partial charge is 0.349 e. The van der Waals surface area contributed by atoms with E-state index in [1.54, 1.807) is 18.5 Å². The van der Waals surface area contributed by atoms with Crippen molar-refractivity contribution in [2.75, 3.05) is 26.7 Å². The van der Waals surface area contributed by atoms with Crippen LogP contribution in [0.25, 0.3) is 27.2 Å². The molecule has 0 aliphatic carbocycles. The zero-order valence-corrected chi connectivity index (χ0v) is 24.4. The molecule has 2 aromatic carbocycles. The number of carboxylic acids is 1. The molecule has 4 heterocycles. The second kappa shape index (κ2) is 12.1. The number of hydrogen-bond donors (Lipinski definition) is 1. The number of carbonyl (C=O) groups is 1. The summed E-state index contributed by atoms with van der Waals surface area (Å²) in [7, 11) is 2.11. The number of pyridine rings is 1. The predicted octanol–water partition coefficient (Wildman–Crippen LogP) is 6.73. The molecule has 1 aliphatic rings. The highest BCUT2D eigenvalue weighted by atomic mass is 35.5. The van der Waals surface area contributed by atoms with Crippen LogP contribution in [0.15, 0.2) is 67.1 Å². The number of halogens is 2. The van der Waals surface area contributed by atoms with E-state index < -0.39 is 11.9 Å². The molecule has 0 spiro atoms. The molecule has 0 radical (unpaired) electrons. The van der Waals surface area contributed by atoms with E-state index in [4.69, 9.17) is 21.1 Å². The van der Waals surface area contributed by atoms with Gasteiger partial charge in [0, 0.05) is 37.3 Å². The van der Waals surface area contributed by atoms with Gasteiger partial charge in [-0.3, -0.25) is 4.57 Å².